The fraction of sp³-hybridized carbons (Fsp3) is 0.375. The third-order valence-electron chi connectivity index (χ3n) is 1.36. The molecule has 60 valence electrons. The molecule has 0 aromatic carbocycles. The Balaban J connectivity index is 2.50. The van der Waals surface area contributed by atoms with Crippen LogP contribution in [0.3, 0.4) is 0 Å². The Bertz CT molecular complexity index is 237. The van der Waals surface area contributed by atoms with Crippen molar-refractivity contribution >= 4 is 6.08 Å². The first-order valence-electron chi connectivity index (χ1n) is 3.62. The molecule has 0 atom stereocenters. The standard InChI is InChI=1S/C8H13N3/c1-9-5-3-4-8-6-10-11(2)7-8/h3-4,6-7,9H,5H2,1-2H3/b4-3+. The van der Waals surface area contributed by atoms with Gasteiger partial charge in [-0.25, -0.2) is 0 Å². The summed E-state index contributed by atoms with van der Waals surface area (Å²) in [5, 5.41) is 7.07. The highest BCUT2D eigenvalue weighted by molar-refractivity contribution is 5.46. The SMILES string of the molecule is CNC/C=C/c1cnn(C)c1. The summed E-state index contributed by atoms with van der Waals surface area (Å²) in [7, 11) is 3.84. The van der Waals surface area contributed by atoms with E-state index in [2.05, 4.69) is 16.5 Å². The molecule has 0 aliphatic heterocycles. The van der Waals surface area contributed by atoms with E-state index >= 15 is 0 Å². The van der Waals surface area contributed by atoms with Crippen LogP contribution in [0.15, 0.2) is 18.5 Å². The van der Waals surface area contributed by atoms with E-state index in [4.69, 9.17) is 0 Å². The van der Waals surface area contributed by atoms with Gasteiger partial charge in [0, 0.05) is 25.4 Å². The second-order valence-electron chi connectivity index (χ2n) is 2.41. The molecule has 11 heavy (non-hydrogen) atoms. The number of hydrogen-bond acceptors (Lipinski definition) is 2. The van der Waals surface area contributed by atoms with Crippen LogP contribution in [0.5, 0.6) is 0 Å². The summed E-state index contributed by atoms with van der Waals surface area (Å²) in [6.07, 6.45) is 7.93. The van der Waals surface area contributed by atoms with E-state index in [1.54, 1.807) is 4.68 Å². The van der Waals surface area contributed by atoms with Crippen LogP contribution in [-0.2, 0) is 7.05 Å². The smallest absolute Gasteiger partial charge is 0.0562 e. The maximum absolute atomic E-state index is 4.04. The van der Waals surface area contributed by atoms with Crippen LogP contribution in [0.2, 0.25) is 0 Å². The number of rotatable bonds is 3. The zero-order chi connectivity index (χ0) is 8.10. The van der Waals surface area contributed by atoms with Crippen molar-refractivity contribution in [3.8, 4) is 0 Å². The summed E-state index contributed by atoms with van der Waals surface area (Å²) in [6.45, 7) is 0.898. The fourth-order valence-electron chi connectivity index (χ4n) is 0.839. The largest absolute Gasteiger partial charge is 0.316 e. The van der Waals surface area contributed by atoms with Gasteiger partial charge in [0.1, 0.15) is 0 Å². The number of likely N-dealkylation sites (N-methyl/N-ethyl adjacent to an activating group) is 1. The van der Waals surface area contributed by atoms with Crippen molar-refractivity contribution in [3.63, 3.8) is 0 Å². The summed E-state index contributed by atoms with van der Waals surface area (Å²) >= 11 is 0. The highest BCUT2D eigenvalue weighted by Gasteiger charge is 1.87. The third-order valence-corrected chi connectivity index (χ3v) is 1.36. The molecule has 1 aromatic heterocycles. The van der Waals surface area contributed by atoms with Gasteiger partial charge >= 0.3 is 0 Å². The number of aromatic nitrogens is 2. The highest BCUT2D eigenvalue weighted by atomic mass is 15.2. The van der Waals surface area contributed by atoms with Crippen LogP contribution in [0.25, 0.3) is 6.08 Å². The van der Waals surface area contributed by atoms with E-state index < -0.39 is 0 Å². The molecule has 0 unspecified atom stereocenters. The van der Waals surface area contributed by atoms with Crippen LogP contribution >= 0.6 is 0 Å². The minimum Gasteiger partial charge on any atom is -0.316 e. The first kappa shape index (κ1) is 8.01. The van der Waals surface area contributed by atoms with Gasteiger partial charge in [-0.05, 0) is 7.05 Å². The molecular weight excluding hydrogens is 138 g/mol. The van der Waals surface area contributed by atoms with E-state index in [1.807, 2.05) is 32.6 Å². The molecule has 0 radical (unpaired) electrons. The van der Waals surface area contributed by atoms with E-state index in [0.717, 1.165) is 12.1 Å². The normalized spacial score (nSPS) is 11.1. The van der Waals surface area contributed by atoms with Gasteiger partial charge in [0.05, 0.1) is 6.20 Å². The Morgan fingerprint density at radius 3 is 3.09 bits per heavy atom. The molecule has 0 amide bonds. The second-order valence-corrected chi connectivity index (χ2v) is 2.41. The average molecular weight is 151 g/mol. The molecule has 1 aromatic rings. The lowest BCUT2D eigenvalue weighted by Crippen LogP contribution is -2.03. The lowest BCUT2D eigenvalue weighted by molar-refractivity contribution is 0.767. The van der Waals surface area contributed by atoms with Crippen LogP contribution in [0.4, 0.5) is 0 Å². The Hall–Kier alpha value is -1.09. The zero-order valence-electron chi connectivity index (χ0n) is 6.91. The summed E-state index contributed by atoms with van der Waals surface area (Å²) < 4.78 is 1.79. The molecule has 0 saturated heterocycles. The molecule has 1 heterocycles. The van der Waals surface area contributed by atoms with Crippen LogP contribution < -0.4 is 5.32 Å². The Labute approximate surface area is 66.7 Å². The van der Waals surface area contributed by atoms with E-state index in [9.17, 15) is 0 Å². The van der Waals surface area contributed by atoms with Crippen LogP contribution in [-0.4, -0.2) is 23.4 Å². The van der Waals surface area contributed by atoms with Gasteiger partial charge in [0.25, 0.3) is 0 Å². The van der Waals surface area contributed by atoms with Crippen molar-refractivity contribution in [1.82, 2.24) is 15.1 Å². The summed E-state index contributed by atoms with van der Waals surface area (Å²) in [4.78, 5) is 0. The number of hydrogen-bond donors (Lipinski definition) is 1. The van der Waals surface area contributed by atoms with Crippen LogP contribution in [0.1, 0.15) is 5.56 Å². The van der Waals surface area contributed by atoms with Crippen molar-refractivity contribution < 1.29 is 0 Å². The van der Waals surface area contributed by atoms with Crippen molar-refractivity contribution in [2.24, 2.45) is 7.05 Å². The topological polar surface area (TPSA) is 29.9 Å². The number of nitrogens with zero attached hydrogens (tertiary/aromatic N) is 2. The molecule has 3 heteroatoms. The molecular formula is C8H13N3. The Morgan fingerprint density at radius 2 is 2.55 bits per heavy atom. The lowest BCUT2D eigenvalue weighted by Gasteiger charge is -1.86. The Kier molecular flexibility index (Phi) is 2.86. The van der Waals surface area contributed by atoms with E-state index in [0.29, 0.717) is 0 Å². The molecule has 0 bridgehead atoms. The minimum atomic E-state index is 0.898. The molecule has 0 spiro atoms. The van der Waals surface area contributed by atoms with Crippen LogP contribution in [0, 0.1) is 0 Å². The second kappa shape index (κ2) is 3.93. The maximum Gasteiger partial charge on any atom is 0.0562 e. The van der Waals surface area contributed by atoms with Gasteiger partial charge in [0.2, 0.25) is 0 Å². The molecule has 3 nitrogen and oxygen atoms in total. The van der Waals surface area contributed by atoms with E-state index in [-0.39, 0.29) is 0 Å². The first-order chi connectivity index (χ1) is 5.33. The molecule has 1 N–H and O–H groups in total. The highest BCUT2D eigenvalue weighted by Crippen LogP contribution is 1.97. The molecule has 1 rings (SSSR count). The van der Waals surface area contributed by atoms with Gasteiger partial charge in [0.15, 0.2) is 0 Å². The minimum absolute atomic E-state index is 0.898. The summed E-state index contributed by atoms with van der Waals surface area (Å²) in [5.41, 5.74) is 1.14. The summed E-state index contributed by atoms with van der Waals surface area (Å²) in [5.74, 6) is 0. The lowest BCUT2D eigenvalue weighted by atomic mass is 10.3. The van der Waals surface area contributed by atoms with Crippen molar-refractivity contribution in [2.75, 3.05) is 13.6 Å². The number of aryl methyl sites for hydroxylation is 1. The average Bonchev–Trinajstić information content (AvgIpc) is 2.37. The van der Waals surface area contributed by atoms with Gasteiger partial charge in [-0.1, -0.05) is 12.2 Å². The maximum atomic E-state index is 4.04. The predicted molar refractivity (Wildman–Crippen MR) is 46.2 cm³/mol. The van der Waals surface area contributed by atoms with Gasteiger partial charge in [-0.3, -0.25) is 4.68 Å². The molecule has 0 saturated carbocycles. The third kappa shape index (κ3) is 2.55. The Morgan fingerprint density at radius 1 is 1.73 bits per heavy atom. The fourth-order valence-corrected chi connectivity index (χ4v) is 0.839. The zero-order valence-corrected chi connectivity index (χ0v) is 6.91. The van der Waals surface area contributed by atoms with Gasteiger partial charge in [-0.15, -0.1) is 0 Å². The van der Waals surface area contributed by atoms with E-state index in [1.165, 1.54) is 0 Å². The van der Waals surface area contributed by atoms with Gasteiger partial charge < -0.3 is 5.32 Å². The molecule has 0 aliphatic rings. The van der Waals surface area contributed by atoms with Crippen molar-refractivity contribution in [2.45, 2.75) is 0 Å². The number of nitrogens with one attached hydrogen (secondary N) is 1. The molecule has 0 fully saturated rings. The van der Waals surface area contributed by atoms with Gasteiger partial charge in [-0.2, -0.15) is 5.10 Å². The predicted octanol–water partition coefficient (Wildman–Crippen LogP) is 0.653. The summed E-state index contributed by atoms with van der Waals surface area (Å²) in [6, 6.07) is 0. The monoisotopic (exact) mass is 151 g/mol. The quantitative estimate of drug-likeness (QED) is 0.687. The van der Waals surface area contributed by atoms with Crippen molar-refractivity contribution in [1.29, 1.82) is 0 Å². The first-order valence-corrected chi connectivity index (χ1v) is 3.62. The molecule has 0 aliphatic carbocycles. The van der Waals surface area contributed by atoms with Crippen molar-refractivity contribution in [3.05, 3.63) is 24.0 Å².